The molecule has 1 saturated heterocycles. The average Bonchev–Trinajstić information content (AvgIpc) is 2.74. The zero-order valence-electron chi connectivity index (χ0n) is 14.7. The van der Waals surface area contributed by atoms with Gasteiger partial charge in [0.2, 0.25) is 11.8 Å². The average molecular weight is 374 g/mol. The van der Waals surface area contributed by atoms with E-state index in [4.69, 9.17) is 4.74 Å². The minimum atomic E-state index is -0.521. The predicted molar refractivity (Wildman–Crippen MR) is 99.9 cm³/mol. The van der Waals surface area contributed by atoms with Crippen LogP contribution in [0.25, 0.3) is 0 Å². The van der Waals surface area contributed by atoms with Gasteiger partial charge < -0.3 is 4.74 Å². The van der Waals surface area contributed by atoms with Crippen molar-refractivity contribution in [3.63, 3.8) is 0 Å². The van der Waals surface area contributed by atoms with Gasteiger partial charge in [0, 0.05) is 19.9 Å². The van der Waals surface area contributed by atoms with Crippen LogP contribution in [0, 0.1) is 5.92 Å². The molecule has 136 valence electrons. The summed E-state index contributed by atoms with van der Waals surface area (Å²) in [6.07, 6.45) is 8.14. The Bertz CT molecular complexity index is 466. The summed E-state index contributed by atoms with van der Waals surface area (Å²) in [7, 11) is 0. The van der Waals surface area contributed by atoms with E-state index in [1.165, 1.54) is 11.8 Å². The third-order valence-corrected chi connectivity index (χ3v) is 6.65. The van der Waals surface area contributed by atoms with Crippen LogP contribution in [0.2, 0.25) is 0 Å². The van der Waals surface area contributed by atoms with Crippen molar-refractivity contribution in [2.24, 2.45) is 5.92 Å². The molecule has 0 aliphatic carbocycles. The number of thioether (sulfide) groups is 2. The number of allylic oxidation sites excluding steroid dienone is 1. The Kier molecular flexibility index (Phi) is 9.51. The van der Waals surface area contributed by atoms with Crippen LogP contribution in [-0.2, 0) is 19.1 Å². The molecule has 1 fully saturated rings. The van der Waals surface area contributed by atoms with Crippen LogP contribution in [0.3, 0.4) is 0 Å². The van der Waals surface area contributed by atoms with Gasteiger partial charge in [0.25, 0.3) is 0 Å². The van der Waals surface area contributed by atoms with Crippen LogP contribution in [-0.4, -0.2) is 52.4 Å². The Hall–Kier alpha value is -0.950. The number of carbonyl (C=O) groups is 3. The summed E-state index contributed by atoms with van der Waals surface area (Å²) in [4.78, 5) is 38.2. The second-order valence-corrected chi connectivity index (χ2v) is 7.98. The van der Waals surface area contributed by atoms with Gasteiger partial charge in [0.15, 0.2) is 0 Å². The van der Waals surface area contributed by atoms with Gasteiger partial charge in [-0.05, 0) is 31.8 Å². The number of amides is 2. The van der Waals surface area contributed by atoms with Gasteiger partial charge in [-0.2, -0.15) is 0 Å². The zero-order chi connectivity index (χ0) is 18.1. The highest BCUT2D eigenvalue weighted by atomic mass is 32.2. The van der Waals surface area contributed by atoms with Crippen LogP contribution >= 0.6 is 23.5 Å². The van der Waals surface area contributed by atoms with E-state index < -0.39 is 18.0 Å². The maximum atomic E-state index is 13.0. The van der Waals surface area contributed by atoms with Crippen molar-refractivity contribution in [1.29, 1.82) is 0 Å². The van der Waals surface area contributed by atoms with E-state index in [0.29, 0.717) is 19.4 Å². The van der Waals surface area contributed by atoms with Crippen LogP contribution in [0.15, 0.2) is 12.7 Å². The lowest BCUT2D eigenvalue weighted by Crippen LogP contribution is -2.46. The van der Waals surface area contributed by atoms with E-state index in [9.17, 15) is 14.4 Å². The van der Waals surface area contributed by atoms with Crippen LogP contribution in [0.1, 0.15) is 39.0 Å². The minimum absolute atomic E-state index is 0.0360. The molecular weight excluding hydrogens is 346 g/mol. The smallest absolute Gasteiger partial charge is 0.302 e. The largest absolute Gasteiger partial charge is 0.460 e. The van der Waals surface area contributed by atoms with E-state index in [-0.39, 0.29) is 22.8 Å². The number of likely N-dealkylation sites (tertiary alicyclic amines) is 1. The summed E-state index contributed by atoms with van der Waals surface area (Å²) < 4.78 is 5.48. The van der Waals surface area contributed by atoms with Crippen molar-refractivity contribution >= 4 is 41.3 Å². The number of nitrogens with zero attached hydrogens (tertiary/aromatic N) is 1. The van der Waals surface area contributed by atoms with Crippen molar-refractivity contribution in [1.82, 2.24) is 4.90 Å². The molecule has 0 radical (unpaired) electrons. The van der Waals surface area contributed by atoms with Crippen LogP contribution in [0.4, 0.5) is 0 Å². The molecular formula is C17H27NO4S2. The Balaban J connectivity index is 3.02. The third-order valence-electron chi connectivity index (χ3n) is 4.02. The van der Waals surface area contributed by atoms with E-state index in [2.05, 4.69) is 6.58 Å². The number of carbonyl (C=O) groups excluding carboxylic acids is 3. The Morgan fingerprint density at radius 1 is 1.38 bits per heavy atom. The Morgan fingerprint density at radius 3 is 2.58 bits per heavy atom. The molecule has 1 aliphatic rings. The van der Waals surface area contributed by atoms with Crippen LogP contribution in [0.5, 0.6) is 0 Å². The highest BCUT2D eigenvalue weighted by Crippen LogP contribution is 2.34. The standard InChI is InChI=1S/C17H27NO4S2/c1-5-6-10-14(20)18-11-8-7-9-13(16(18)21)15(22-12(2)19)17(23-3)24-4/h5,13,15,17H,1,6-11H2,2-4H3. The van der Waals surface area contributed by atoms with Crippen molar-refractivity contribution in [2.45, 2.75) is 49.7 Å². The summed E-state index contributed by atoms with van der Waals surface area (Å²) in [5.74, 6) is -1.23. The SMILES string of the molecule is C=CCCC(=O)N1CCCCC(C(OC(C)=O)C(SC)SC)C1=O. The van der Waals surface area contributed by atoms with Gasteiger partial charge in [0.05, 0.1) is 10.5 Å². The van der Waals surface area contributed by atoms with Crippen molar-refractivity contribution in [3.8, 4) is 0 Å². The number of esters is 1. The molecule has 7 heteroatoms. The topological polar surface area (TPSA) is 63.7 Å². The van der Waals surface area contributed by atoms with Gasteiger partial charge in [-0.25, -0.2) is 0 Å². The number of ether oxygens (including phenoxy) is 1. The molecule has 1 aliphatic heterocycles. The molecule has 1 heterocycles. The molecule has 0 saturated carbocycles. The lowest BCUT2D eigenvalue weighted by atomic mass is 9.96. The van der Waals surface area contributed by atoms with Gasteiger partial charge >= 0.3 is 5.97 Å². The molecule has 0 aromatic carbocycles. The second kappa shape index (κ2) is 10.8. The molecule has 0 spiro atoms. The van der Waals surface area contributed by atoms with Gasteiger partial charge in [-0.1, -0.05) is 12.5 Å². The summed E-state index contributed by atoms with van der Waals surface area (Å²) in [5.41, 5.74) is 0. The molecule has 0 N–H and O–H groups in total. The predicted octanol–water partition coefficient (Wildman–Crippen LogP) is 3.09. The van der Waals surface area contributed by atoms with E-state index in [1.807, 2.05) is 12.5 Å². The molecule has 0 aromatic heterocycles. The fourth-order valence-electron chi connectivity index (χ4n) is 2.86. The third kappa shape index (κ3) is 5.84. The lowest BCUT2D eigenvalue weighted by Gasteiger charge is -2.32. The fraction of sp³-hybridized carbons (Fsp3) is 0.706. The number of imide groups is 1. The summed E-state index contributed by atoms with van der Waals surface area (Å²) in [5, 5.41) is 0. The lowest BCUT2D eigenvalue weighted by molar-refractivity contribution is -0.155. The zero-order valence-corrected chi connectivity index (χ0v) is 16.3. The highest BCUT2D eigenvalue weighted by Gasteiger charge is 2.40. The van der Waals surface area contributed by atoms with Crippen molar-refractivity contribution in [2.75, 3.05) is 19.1 Å². The van der Waals surface area contributed by atoms with Crippen LogP contribution < -0.4 is 0 Å². The van der Waals surface area contributed by atoms with E-state index in [1.54, 1.807) is 29.6 Å². The number of hydrogen-bond acceptors (Lipinski definition) is 6. The first kappa shape index (κ1) is 21.1. The molecule has 24 heavy (non-hydrogen) atoms. The molecule has 1 rings (SSSR count). The summed E-state index contributed by atoms with van der Waals surface area (Å²) in [6, 6.07) is 0. The molecule has 2 atom stereocenters. The molecule has 2 unspecified atom stereocenters. The molecule has 0 aromatic rings. The minimum Gasteiger partial charge on any atom is -0.460 e. The number of hydrogen-bond donors (Lipinski definition) is 0. The maximum Gasteiger partial charge on any atom is 0.302 e. The van der Waals surface area contributed by atoms with E-state index >= 15 is 0 Å². The normalized spacial score (nSPS) is 19.8. The first-order valence-corrected chi connectivity index (χ1v) is 10.7. The fourth-order valence-corrected chi connectivity index (χ4v) is 4.66. The molecule has 0 bridgehead atoms. The first-order chi connectivity index (χ1) is 11.5. The maximum absolute atomic E-state index is 13.0. The Labute approximate surface area is 152 Å². The van der Waals surface area contributed by atoms with Gasteiger partial charge in [-0.3, -0.25) is 19.3 Å². The quantitative estimate of drug-likeness (QED) is 0.370. The van der Waals surface area contributed by atoms with E-state index in [0.717, 1.165) is 12.8 Å². The monoisotopic (exact) mass is 373 g/mol. The number of rotatable bonds is 8. The summed E-state index contributed by atoms with van der Waals surface area (Å²) in [6.45, 7) is 5.42. The molecule has 2 amide bonds. The van der Waals surface area contributed by atoms with Gasteiger partial charge in [-0.15, -0.1) is 30.1 Å². The van der Waals surface area contributed by atoms with Gasteiger partial charge in [0.1, 0.15) is 6.10 Å². The van der Waals surface area contributed by atoms with Crippen molar-refractivity contribution in [3.05, 3.63) is 12.7 Å². The second-order valence-electron chi connectivity index (χ2n) is 5.73. The van der Waals surface area contributed by atoms with Crippen molar-refractivity contribution < 1.29 is 19.1 Å². The first-order valence-electron chi connectivity index (χ1n) is 8.14. The molecule has 5 nitrogen and oxygen atoms in total. The Morgan fingerprint density at radius 2 is 2.04 bits per heavy atom. The highest BCUT2D eigenvalue weighted by molar-refractivity contribution is 8.16. The summed E-state index contributed by atoms with van der Waals surface area (Å²) >= 11 is 3.13.